The molecule has 0 aliphatic heterocycles. The number of esters is 1. The highest BCUT2D eigenvalue weighted by atomic mass is 35.5. The lowest BCUT2D eigenvalue weighted by Gasteiger charge is -2.34. The van der Waals surface area contributed by atoms with Crippen LogP contribution in [0.1, 0.15) is 225 Å². The lowest BCUT2D eigenvalue weighted by molar-refractivity contribution is -0.150. The topological polar surface area (TPSA) is 89.9 Å². The first-order valence-corrected chi connectivity index (χ1v) is 33.7. The lowest BCUT2D eigenvalue weighted by Crippen LogP contribution is -2.34. The van der Waals surface area contributed by atoms with Gasteiger partial charge in [-0.15, -0.1) is 0 Å². The normalized spacial score (nSPS) is 14.0. The Balaban J connectivity index is 2.08. The van der Waals surface area contributed by atoms with Crippen LogP contribution in [0, 0.1) is 0 Å². The molecule has 6 rings (SSSR count). The molecule has 1 N–H and O–H groups in total. The number of aromatic hydroxyl groups is 1. The van der Waals surface area contributed by atoms with Gasteiger partial charge in [0.2, 0.25) is 0 Å². The standard InChI is InChI=1S/C73H98Cl2O6P2/c1-27-80-65(77)44(2)81-64-58(75)29-31-60(83(79,55-40-49(70(15,16)17)34-50(41-55)71(18,19)20)56-42-51(72(21,22)23)35-52(43-56)73(24,25)26)62(64)61-59(30-28-57(74)63(61)76)82(78,53-36-45(66(3,4)5)32-46(37-53)67(6,7)8)54-38-47(68(9,10)11)33-48(39-54)69(12,13)14/h28-44,76H,27H2,1-26H3/t44-/m0/s1. The third-order valence-electron chi connectivity index (χ3n) is 16.1. The third kappa shape index (κ3) is 14.2. The van der Waals surface area contributed by atoms with Gasteiger partial charge in [-0.3, -0.25) is 0 Å². The van der Waals surface area contributed by atoms with Gasteiger partial charge in [0.1, 0.15) is 11.5 Å². The van der Waals surface area contributed by atoms with Crippen molar-refractivity contribution in [2.24, 2.45) is 0 Å². The quantitative estimate of drug-likeness (QED) is 0.103. The van der Waals surface area contributed by atoms with Crippen molar-refractivity contribution >= 4 is 75.3 Å². The number of hydrogen-bond donors (Lipinski definition) is 1. The summed E-state index contributed by atoms with van der Waals surface area (Å²) < 4.78 is 49.7. The maximum Gasteiger partial charge on any atom is 0.347 e. The average Bonchev–Trinajstić information content (AvgIpc) is 2.83. The van der Waals surface area contributed by atoms with Crippen LogP contribution in [0.3, 0.4) is 0 Å². The summed E-state index contributed by atoms with van der Waals surface area (Å²) in [5, 5.41) is 16.1. The second-order valence-corrected chi connectivity index (χ2v) is 37.6. The predicted octanol–water partition coefficient (Wildman–Crippen LogP) is 18.4. The van der Waals surface area contributed by atoms with Crippen LogP contribution < -0.4 is 36.6 Å². The van der Waals surface area contributed by atoms with Crippen molar-refractivity contribution in [3.8, 4) is 22.6 Å². The molecule has 450 valence electrons. The van der Waals surface area contributed by atoms with Crippen LogP contribution in [-0.4, -0.2) is 23.8 Å². The Morgan fingerprint density at radius 2 is 0.663 bits per heavy atom. The van der Waals surface area contributed by atoms with Crippen molar-refractivity contribution in [2.45, 2.75) is 229 Å². The van der Waals surface area contributed by atoms with E-state index >= 15 is 9.13 Å². The van der Waals surface area contributed by atoms with E-state index < -0.39 is 75.4 Å². The van der Waals surface area contributed by atoms with Crippen molar-refractivity contribution < 1.29 is 28.5 Å². The van der Waals surface area contributed by atoms with Gasteiger partial charge >= 0.3 is 5.97 Å². The molecule has 0 spiro atoms. The Bertz CT molecular complexity index is 3260. The molecule has 0 saturated carbocycles. The fraction of sp³-hybridized carbons (Fsp3) is 0.493. The molecule has 0 aromatic heterocycles. The molecule has 0 fully saturated rings. The minimum atomic E-state index is -4.36. The molecule has 6 nitrogen and oxygen atoms in total. The molecule has 0 amide bonds. The minimum absolute atomic E-state index is 0.0209. The minimum Gasteiger partial charge on any atom is -0.506 e. The van der Waals surface area contributed by atoms with Gasteiger partial charge in [-0.1, -0.05) is 214 Å². The van der Waals surface area contributed by atoms with E-state index in [9.17, 15) is 9.90 Å². The van der Waals surface area contributed by atoms with Gasteiger partial charge in [0.25, 0.3) is 0 Å². The summed E-state index contributed by atoms with van der Waals surface area (Å²) >= 11 is 14.9. The average molecular weight is 1200 g/mol. The monoisotopic (exact) mass is 1200 g/mol. The number of ether oxygens (including phenoxy) is 2. The molecule has 0 aliphatic carbocycles. The van der Waals surface area contributed by atoms with Crippen molar-refractivity contribution in [3.05, 3.63) is 152 Å². The Labute approximate surface area is 511 Å². The highest BCUT2D eigenvalue weighted by molar-refractivity contribution is 7.86. The van der Waals surface area contributed by atoms with E-state index in [0.29, 0.717) is 21.2 Å². The molecular formula is C73H98Cl2O6P2. The molecule has 6 aromatic rings. The van der Waals surface area contributed by atoms with Crippen LogP contribution in [-0.2, 0) is 62.0 Å². The highest BCUT2D eigenvalue weighted by Crippen LogP contribution is 2.57. The van der Waals surface area contributed by atoms with E-state index in [1.165, 1.54) is 0 Å². The van der Waals surface area contributed by atoms with Crippen LogP contribution in [0.15, 0.2) is 97.1 Å². The number of carbonyl (C=O) groups is 1. The molecule has 0 radical (unpaired) electrons. The number of halogens is 2. The molecule has 10 heteroatoms. The molecule has 0 aliphatic rings. The van der Waals surface area contributed by atoms with Crippen molar-refractivity contribution in [1.82, 2.24) is 0 Å². The van der Waals surface area contributed by atoms with E-state index in [4.69, 9.17) is 32.7 Å². The molecule has 0 bridgehead atoms. The molecule has 0 heterocycles. The van der Waals surface area contributed by atoms with E-state index in [-0.39, 0.29) is 44.1 Å². The Morgan fingerprint density at radius 1 is 0.422 bits per heavy atom. The molecule has 1 atom stereocenters. The molecule has 83 heavy (non-hydrogen) atoms. The SMILES string of the molecule is CCOC(=O)[C@H](C)Oc1c(Cl)ccc(P(=O)(c2cc(C(C)(C)C)cc(C(C)(C)C)c2)c2cc(C(C)(C)C)cc(C(C)(C)C)c2)c1-c1c(P(=O)(c2cc(C(C)(C)C)cc(C(C)(C)C)c2)c2cc(C(C)(C)C)cc(C(C)(C)C)c2)ccc(Cl)c1O. The molecule has 6 aromatic carbocycles. The lowest BCUT2D eigenvalue weighted by atomic mass is 9.81. The van der Waals surface area contributed by atoms with Gasteiger partial charge in [-0.25, -0.2) is 4.79 Å². The number of carbonyl (C=O) groups excluding carboxylic acids is 1. The fourth-order valence-electron chi connectivity index (χ4n) is 10.2. The summed E-state index contributed by atoms with van der Waals surface area (Å²) in [4.78, 5) is 14.0. The second kappa shape index (κ2) is 22.9. The van der Waals surface area contributed by atoms with Gasteiger partial charge < -0.3 is 23.7 Å². The van der Waals surface area contributed by atoms with Crippen LogP contribution in [0.4, 0.5) is 0 Å². The van der Waals surface area contributed by atoms with Crippen LogP contribution in [0.5, 0.6) is 11.5 Å². The number of rotatable bonds is 11. The van der Waals surface area contributed by atoms with Gasteiger partial charge in [-0.2, -0.15) is 0 Å². The summed E-state index contributed by atoms with van der Waals surface area (Å²) in [5.74, 6) is -1.14. The van der Waals surface area contributed by atoms with Crippen LogP contribution >= 0.6 is 37.5 Å². The van der Waals surface area contributed by atoms with Gasteiger partial charge in [0, 0.05) is 43.0 Å². The molecule has 0 unspecified atom stereocenters. The largest absolute Gasteiger partial charge is 0.506 e. The first kappa shape index (κ1) is 67.6. The summed E-state index contributed by atoms with van der Waals surface area (Å²) in [5.41, 5.74) is 4.74. The van der Waals surface area contributed by atoms with E-state index in [1.54, 1.807) is 38.1 Å². The van der Waals surface area contributed by atoms with E-state index in [2.05, 4.69) is 239 Å². The smallest absolute Gasteiger partial charge is 0.347 e. The maximum absolute atomic E-state index is 18.7. The van der Waals surface area contributed by atoms with Crippen molar-refractivity contribution in [2.75, 3.05) is 6.61 Å². The molecule has 0 saturated heterocycles. The zero-order valence-electron chi connectivity index (χ0n) is 55.2. The summed E-state index contributed by atoms with van der Waals surface area (Å²) in [7, 11) is -8.71. The Kier molecular flexibility index (Phi) is 18.7. The van der Waals surface area contributed by atoms with Gasteiger partial charge in [-0.05, 0) is 174 Å². The van der Waals surface area contributed by atoms with Crippen molar-refractivity contribution in [1.29, 1.82) is 0 Å². The second-order valence-electron chi connectivity index (χ2n) is 31.4. The van der Waals surface area contributed by atoms with Crippen molar-refractivity contribution in [3.63, 3.8) is 0 Å². The Hall–Kier alpha value is -4.57. The third-order valence-corrected chi connectivity index (χ3v) is 22.7. The number of hydrogen-bond acceptors (Lipinski definition) is 6. The van der Waals surface area contributed by atoms with Crippen LogP contribution in [0.25, 0.3) is 11.1 Å². The van der Waals surface area contributed by atoms with E-state index in [1.807, 2.05) is 0 Å². The number of phenols is 1. The number of benzene rings is 6. The summed E-state index contributed by atoms with van der Waals surface area (Å²) in [6, 6.07) is 32.1. The van der Waals surface area contributed by atoms with Crippen LogP contribution in [0.2, 0.25) is 10.0 Å². The maximum atomic E-state index is 18.7. The first-order valence-electron chi connectivity index (χ1n) is 29.5. The summed E-state index contributed by atoms with van der Waals surface area (Å²) in [6.45, 7) is 55.2. The zero-order valence-corrected chi connectivity index (χ0v) is 58.5. The first-order chi connectivity index (χ1) is 37.5. The Morgan fingerprint density at radius 3 is 0.904 bits per heavy atom. The van der Waals surface area contributed by atoms with E-state index in [0.717, 1.165) is 44.5 Å². The molecular weight excluding hydrogens is 1110 g/mol. The highest BCUT2D eigenvalue weighted by Gasteiger charge is 2.44. The fourth-order valence-corrected chi connectivity index (χ4v) is 16.5. The van der Waals surface area contributed by atoms with Gasteiger partial charge in [0.15, 0.2) is 20.4 Å². The van der Waals surface area contributed by atoms with Gasteiger partial charge in [0.05, 0.1) is 16.7 Å². The number of phenolic OH excluding ortho intramolecular Hbond substituents is 1. The predicted molar refractivity (Wildman–Crippen MR) is 359 cm³/mol. The zero-order chi connectivity index (χ0) is 63.1. The summed E-state index contributed by atoms with van der Waals surface area (Å²) in [6.07, 6.45) is -1.26.